The molecule has 94 valence electrons. The number of rotatable bonds is 3. The van der Waals surface area contributed by atoms with E-state index < -0.39 is 0 Å². The maximum Gasteiger partial charge on any atom is 0.141 e. The molecule has 0 aliphatic carbocycles. The molecule has 3 nitrogen and oxygen atoms in total. The fraction of sp³-hybridized carbons (Fsp3) is 0.571. The summed E-state index contributed by atoms with van der Waals surface area (Å²) in [6.45, 7) is 10.4. The van der Waals surface area contributed by atoms with Crippen LogP contribution in [0.2, 0.25) is 0 Å². The van der Waals surface area contributed by atoms with E-state index in [9.17, 15) is 0 Å². The third kappa shape index (κ3) is 4.07. The van der Waals surface area contributed by atoms with Gasteiger partial charge in [0, 0.05) is 18.2 Å². The molecule has 1 unspecified atom stereocenters. The van der Waals surface area contributed by atoms with Crippen molar-refractivity contribution in [3.8, 4) is 11.8 Å². The van der Waals surface area contributed by atoms with Gasteiger partial charge in [0.15, 0.2) is 0 Å². The van der Waals surface area contributed by atoms with Gasteiger partial charge >= 0.3 is 0 Å². The van der Waals surface area contributed by atoms with Crippen molar-refractivity contribution in [2.75, 3.05) is 7.11 Å². The molecule has 0 aliphatic rings. The van der Waals surface area contributed by atoms with Crippen molar-refractivity contribution in [1.29, 1.82) is 5.26 Å². The second kappa shape index (κ2) is 7.67. The molecule has 0 saturated carbocycles. The average Bonchev–Trinajstić information content (AvgIpc) is 2.39. The van der Waals surface area contributed by atoms with Crippen molar-refractivity contribution < 1.29 is 4.74 Å². The number of ether oxygens (including phenoxy) is 1. The van der Waals surface area contributed by atoms with Gasteiger partial charge in [0.2, 0.25) is 0 Å². The lowest BCUT2D eigenvalue weighted by Gasteiger charge is -2.17. The lowest BCUT2D eigenvalue weighted by Crippen LogP contribution is -2.07. The Kier molecular flexibility index (Phi) is 6.97. The number of hydrogen-bond acceptors (Lipinski definition) is 3. The zero-order chi connectivity index (χ0) is 13.4. The minimum Gasteiger partial charge on any atom is -0.495 e. The van der Waals surface area contributed by atoms with Crippen molar-refractivity contribution in [3.63, 3.8) is 0 Å². The van der Waals surface area contributed by atoms with Gasteiger partial charge in [-0.05, 0) is 5.92 Å². The highest BCUT2D eigenvalue weighted by atomic mass is 16.5. The Labute approximate surface area is 104 Å². The first-order valence-electron chi connectivity index (χ1n) is 6.04. The normalized spacial score (nSPS) is 11.2. The molecule has 0 amide bonds. The smallest absolute Gasteiger partial charge is 0.141 e. The molecule has 1 atom stereocenters. The number of nitriles is 1. The van der Waals surface area contributed by atoms with Crippen molar-refractivity contribution in [1.82, 2.24) is 4.98 Å². The number of methoxy groups -OCH3 is 1. The predicted octanol–water partition coefficient (Wildman–Crippen LogP) is 3.75. The van der Waals surface area contributed by atoms with Crippen LogP contribution < -0.4 is 4.74 Å². The van der Waals surface area contributed by atoms with Crippen LogP contribution in [0.25, 0.3) is 0 Å². The highest BCUT2D eigenvalue weighted by Gasteiger charge is 2.16. The largest absolute Gasteiger partial charge is 0.495 e. The first-order chi connectivity index (χ1) is 8.10. The van der Waals surface area contributed by atoms with Crippen molar-refractivity contribution in [2.24, 2.45) is 5.92 Å². The SMILES string of the molecule is CC.COc1cc(C#N)cnc1C(C)C(C)C. The minimum atomic E-state index is 0.327. The predicted molar refractivity (Wildman–Crippen MR) is 70.1 cm³/mol. The van der Waals surface area contributed by atoms with Crippen molar-refractivity contribution in [3.05, 3.63) is 23.5 Å². The molecular weight excluding hydrogens is 212 g/mol. The van der Waals surface area contributed by atoms with Gasteiger partial charge in [0.25, 0.3) is 0 Å². The van der Waals surface area contributed by atoms with Crippen LogP contribution in [0.1, 0.15) is 51.8 Å². The zero-order valence-electron chi connectivity index (χ0n) is 11.6. The number of aromatic nitrogens is 1. The number of pyridine rings is 1. The van der Waals surface area contributed by atoms with Gasteiger partial charge in [-0.15, -0.1) is 0 Å². The summed E-state index contributed by atoms with van der Waals surface area (Å²) in [7, 11) is 1.61. The van der Waals surface area contributed by atoms with E-state index in [-0.39, 0.29) is 0 Å². The minimum absolute atomic E-state index is 0.327. The second-order valence-electron chi connectivity index (χ2n) is 3.96. The van der Waals surface area contributed by atoms with Crippen molar-refractivity contribution in [2.45, 2.75) is 40.5 Å². The molecule has 1 rings (SSSR count). The Hall–Kier alpha value is -1.56. The van der Waals surface area contributed by atoms with E-state index in [1.54, 1.807) is 19.4 Å². The van der Waals surface area contributed by atoms with Crippen LogP contribution in [0.3, 0.4) is 0 Å². The summed E-state index contributed by atoms with van der Waals surface area (Å²) in [6, 6.07) is 3.79. The Morgan fingerprint density at radius 1 is 1.29 bits per heavy atom. The van der Waals surface area contributed by atoms with Crippen LogP contribution >= 0.6 is 0 Å². The average molecular weight is 234 g/mol. The summed E-state index contributed by atoms with van der Waals surface area (Å²) in [5, 5.41) is 8.75. The standard InChI is InChI=1S/C12H16N2O.C2H6/c1-8(2)9(3)12-11(15-4)5-10(6-13)7-14-12;1-2/h5,7-9H,1-4H3;1-2H3. The van der Waals surface area contributed by atoms with E-state index in [2.05, 4.69) is 31.8 Å². The molecule has 0 bridgehead atoms. The van der Waals surface area contributed by atoms with Crippen LogP contribution in [-0.4, -0.2) is 12.1 Å². The zero-order valence-corrected chi connectivity index (χ0v) is 11.6. The van der Waals surface area contributed by atoms with Crippen LogP contribution in [0, 0.1) is 17.2 Å². The molecule has 17 heavy (non-hydrogen) atoms. The van der Waals surface area contributed by atoms with Gasteiger partial charge in [0.05, 0.1) is 18.4 Å². The van der Waals surface area contributed by atoms with Gasteiger partial charge in [-0.1, -0.05) is 34.6 Å². The van der Waals surface area contributed by atoms with E-state index in [1.165, 1.54) is 0 Å². The lowest BCUT2D eigenvalue weighted by molar-refractivity contribution is 0.393. The van der Waals surface area contributed by atoms with Crippen LogP contribution in [0.4, 0.5) is 0 Å². The van der Waals surface area contributed by atoms with E-state index >= 15 is 0 Å². The van der Waals surface area contributed by atoms with Crippen molar-refractivity contribution >= 4 is 0 Å². The number of nitrogens with zero attached hydrogens (tertiary/aromatic N) is 2. The molecule has 0 aliphatic heterocycles. The molecule has 1 aromatic rings. The van der Waals surface area contributed by atoms with E-state index in [1.807, 2.05) is 13.8 Å². The van der Waals surface area contributed by atoms with Crippen LogP contribution in [0.15, 0.2) is 12.3 Å². The molecule has 0 spiro atoms. The fourth-order valence-corrected chi connectivity index (χ4v) is 1.34. The lowest BCUT2D eigenvalue weighted by atomic mass is 9.93. The second-order valence-corrected chi connectivity index (χ2v) is 3.96. The summed E-state index contributed by atoms with van der Waals surface area (Å²) in [4.78, 5) is 4.29. The molecule has 3 heteroatoms. The van der Waals surface area contributed by atoms with E-state index in [4.69, 9.17) is 10.00 Å². The van der Waals surface area contributed by atoms with Gasteiger partial charge in [-0.25, -0.2) is 0 Å². The van der Waals surface area contributed by atoms with Crippen LogP contribution in [-0.2, 0) is 0 Å². The van der Waals surface area contributed by atoms with Gasteiger partial charge in [0.1, 0.15) is 11.8 Å². The molecule has 0 radical (unpaired) electrons. The molecular formula is C14H22N2O. The fourth-order valence-electron chi connectivity index (χ4n) is 1.34. The molecule has 0 saturated heterocycles. The van der Waals surface area contributed by atoms with Gasteiger partial charge < -0.3 is 4.74 Å². The summed E-state index contributed by atoms with van der Waals surface area (Å²) in [5.74, 6) is 1.53. The molecule has 1 heterocycles. The first kappa shape index (κ1) is 15.4. The van der Waals surface area contributed by atoms with Gasteiger partial charge in [-0.2, -0.15) is 5.26 Å². The third-order valence-corrected chi connectivity index (χ3v) is 2.66. The third-order valence-electron chi connectivity index (χ3n) is 2.66. The topological polar surface area (TPSA) is 45.9 Å². The van der Waals surface area contributed by atoms with Crippen LogP contribution in [0.5, 0.6) is 5.75 Å². The Morgan fingerprint density at radius 3 is 2.29 bits per heavy atom. The number of hydrogen-bond donors (Lipinski definition) is 0. The molecule has 0 N–H and O–H groups in total. The first-order valence-corrected chi connectivity index (χ1v) is 6.04. The molecule has 0 aromatic carbocycles. The summed E-state index contributed by atoms with van der Waals surface area (Å²) in [6.07, 6.45) is 1.59. The Bertz CT molecular complexity index is 380. The summed E-state index contributed by atoms with van der Waals surface area (Å²) in [5.41, 5.74) is 1.46. The quantitative estimate of drug-likeness (QED) is 0.800. The molecule has 0 fully saturated rings. The monoisotopic (exact) mass is 234 g/mol. The van der Waals surface area contributed by atoms with Gasteiger partial charge in [-0.3, -0.25) is 4.98 Å². The highest BCUT2D eigenvalue weighted by Crippen LogP contribution is 2.29. The Morgan fingerprint density at radius 2 is 1.88 bits per heavy atom. The maximum atomic E-state index is 8.75. The van der Waals surface area contributed by atoms with E-state index in [0.717, 1.165) is 5.69 Å². The summed E-state index contributed by atoms with van der Waals surface area (Å²) < 4.78 is 5.25. The highest BCUT2D eigenvalue weighted by molar-refractivity contribution is 5.38. The Balaban J connectivity index is 0.00000121. The maximum absolute atomic E-state index is 8.75. The molecule has 1 aromatic heterocycles. The van der Waals surface area contributed by atoms with E-state index in [0.29, 0.717) is 23.1 Å². The summed E-state index contributed by atoms with van der Waals surface area (Å²) >= 11 is 0.